The molecule has 0 aromatic rings. The van der Waals surface area contributed by atoms with E-state index in [1.54, 1.807) is 0 Å². The van der Waals surface area contributed by atoms with Gasteiger partial charge in [0.25, 0.3) is 0 Å². The second-order valence-corrected chi connectivity index (χ2v) is 10.6. The summed E-state index contributed by atoms with van der Waals surface area (Å²) in [7, 11) is 4.31. The van der Waals surface area contributed by atoms with E-state index in [2.05, 4.69) is 38.9 Å². The van der Waals surface area contributed by atoms with Gasteiger partial charge in [0.2, 0.25) is 0 Å². The van der Waals surface area contributed by atoms with Crippen LogP contribution >= 0.6 is 0 Å². The Hall–Kier alpha value is -0.670. The molecular weight excluding hydrogens is 322 g/mol. The van der Waals surface area contributed by atoms with Crippen LogP contribution in [0, 0.1) is 34.5 Å². The molecule has 0 spiro atoms. The zero-order valence-electron chi connectivity index (χ0n) is 17.3. The van der Waals surface area contributed by atoms with Crippen molar-refractivity contribution in [3.05, 3.63) is 11.6 Å². The topological polar surface area (TPSA) is 40.5 Å². The summed E-state index contributed by atoms with van der Waals surface area (Å²) in [4.78, 5) is 15.0. The van der Waals surface area contributed by atoms with Crippen molar-refractivity contribution in [2.75, 3.05) is 14.1 Å². The fourth-order valence-corrected chi connectivity index (χ4v) is 7.90. The van der Waals surface area contributed by atoms with Gasteiger partial charge in [0, 0.05) is 12.0 Å². The van der Waals surface area contributed by atoms with Crippen LogP contribution in [-0.2, 0) is 4.79 Å². The quantitative estimate of drug-likeness (QED) is 0.756. The Morgan fingerprint density at radius 2 is 1.92 bits per heavy atom. The number of carbonyl (C=O) groups excluding carboxylic acids is 1. The van der Waals surface area contributed by atoms with E-state index >= 15 is 0 Å². The third-order valence-electron chi connectivity index (χ3n) is 9.21. The van der Waals surface area contributed by atoms with Crippen molar-refractivity contribution in [2.45, 2.75) is 77.9 Å². The highest BCUT2D eigenvalue weighted by atomic mass is 16.3. The number of Topliss-reactive ketones (excluding diaryl/α,β-unsaturated/α-hetero) is 1. The van der Waals surface area contributed by atoms with Crippen LogP contribution in [0.4, 0.5) is 0 Å². The second kappa shape index (κ2) is 6.17. The molecule has 3 nitrogen and oxygen atoms in total. The summed E-state index contributed by atoms with van der Waals surface area (Å²) in [5.41, 5.74) is 1.98. The molecule has 4 aliphatic carbocycles. The van der Waals surface area contributed by atoms with Crippen LogP contribution in [0.1, 0.15) is 65.7 Å². The van der Waals surface area contributed by atoms with Crippen molar-refractivity contribution in [3.63, 3.8) is 0 Å². The number of aliphatic hydroxyl groups excluding tert-OH is 1. The first-order valence-corrected chi connectivity index (χ1v) is 10.7. The van der Waals surface area contributed by atoms with E-state index in [1.165, 1.54) is 24.8 Å². The SMILES string of the molecule is CC(=O)[C@@H]1[C@H](N(C)C)C[C@@H]2[C@@H]3CC=C4C[C@@H](O)CC[C@]4(C)[C@H]3CC[C@@]21C. The zero-order chi connectivity index (χ0) is 18.9. The van der Waals surface area contributed by atoms with E-state index < -0.39 is 0 Å². The highest BCUT2D eigenvalue weighted by molar-refractivity contribution is 5.80. The summed E-state index contributed by atoms with van der Waals surface area (Å²) in [6.07, 6.45) is 10.1. The van der Waals surface area contributed by atoms with Gasteiger partial charge in [-0.15, -0.1) is 0 Å². The molecule has 0 heterocycles. The normalized spacial score (nSPS) is 50.7. The van der Waals surface area contributed by atoms with Gasteiger partial charge in [-0.05, 0) is 94.5 Å². The molecule has 146 valence electrons. The fraction of sp³-hybridized carbons (Fsp3) is 0.870. The maximum Gasteiger partial charge on any atom is 0.135 e. The number of aliphatic hydroxyl groups is 1. The van der Waals surface area contributed by atoms with Gasteiger partial charge in [0.1, 0.15) is 5.78 Å². The van der Waals surface area contributed by atoms with E-state index in [0.29, 0.717) is 23.7 Å². The molecule has 0 unspecified atom stereocenters. The summed E-state index contributed by atoms with van der Waals surface area (Å²) >= 11 is 0. The van der Waals surface area contributed by atoms with Gasteiger partial charge in [0.05, 0.1) is 6.10 Å². The van der Waals surface area contributed by atoms with Crippen LogP contribution in [0.5, 0.6) is 0 Å². The molecule has 0 amide bonds. The predicted octanol–water partition coefficient (Wildman–Crippen LogP) is 4.06. The van der Waals surface area contributed by atoms with Crippen molar-refractivity contribution in [2.24, 2.45) is 34.5 Å². The molecular formula is C23H37NO2. The minimum Gasteiger partial charge on any atom is -0.393 e. The Balaban J connectivity index is 1.69. The number of carbonyl (C=O) groups is 1. The van der Waals surface area contributed by atoms with Gasteiger partial charge >= 0.3 is 0 Å². The van der Waals surface area contributed by atoms with Crippen molar-refractivity contribution >= 4 is 5.78 Å². The van der Waals surface area contributed by atoms with E-state index in [4.69, 9.17) is 0 Å². The lowest BCUT2D eigenvalue weighted by Gasteiger charge is -2.57. The molecule has 0 radical (unpaired) electrons. The molecule has 1 N–H and O–H groups in total. The molecule has 0 bridgehead atoms. The van der Waals surface area contributed by atoms with Gasteiger partial charge < -0.3 is 10.0 Å². The molecule has 4 rings (SSSR count). The summed E-state index contributed by atoms with van der Waals surface area (Å²) in [6.45, 7) is 6.73. The smallest absolute Gasteiger partial charge is 0.135 e. The molecule has 0 saturated heterocycles. The van der Waals surface area contributed by atoms with Gasteiger partial charge in [-0.1, -0.05) is 25.5 Å². The summed E-state index contributed by atoms with van der Waals surface area (Å²) in [6, 6.07) is 0.396. The standard InChI is InChI=1S/C23H37NO2/c1-14(25)21-20(24(4)5)13-19-17-7-6-15-12-16(26)8-10-22(15,2)18(17)9-11-23(19,21)3/h6,16-21,26H,7-13H2,1-5H3/t16-,17+,18-,19+,20+,21+,22-,23-/m0/s1. The van der Waals surface area contributed by atoms with E-state index in [-0.39, 0.29) is 22.9 Å². The predicted molar refractivity (Wildman–Crippen MR) is 105 cm³/mol. The van der Waals surface area contributed by atoms with Gasteiger partial charge in [-0.3, -0.25) is 4.79 Å². The molecule has 26 heavy (non-hydrogen) atoms. The average Bonchev–Trinajstić information content (AvgIpc) is 2.89. The maximum atomic E-state index is 12.6. The number of hydrogen-bond donors (Lipinski definition) is 1. The Labute approximate surface area is 159 Å². The second-order valence-electron chi connectivity index (χ2n) is 10.6. The first kappa shape index (κ1) is 18.7. The van der Waals surface area contributed by atoms with Gasteiger partial charge in [-0.2, -0.15) is 0 Å². The molecule has 0 aromatic carbocycles. The number of ketones is 1. The number of allylic oxidation sites excluding steroid dienone is 1. The third-order valence-corrected chi connectivity index (χ3v) is 9.21. The van der Waals surface area contributed by atoms with Gasteiger partial charge in [0.15, 0.2) is 0 Å². The van der Waals surface area contributed by atoms with E-state index in [9.17, 15) is 9.90 Å². The lowest BCUT2D eigenvalue weighted by Crippen LogP contribution is -2.51. The highest BCUT2D eigenvalue weighted by Crippen LogP contribution is 2.66. The first-order valence-electron chi connectivity index (χ1n) is 10.7. The van der Waals surface area contributed by atoms with E-state index in [0.717, 1.165) is 31.6 Å². The average molecular weight is 360 g/mol. The minimum atomic E-state index is -0.133. The zero-order valence-corrected chi connectivity index (χ0v) is 17.3. The number of rotatable bonds is 2. The summed E-state index contributed by atoms with van der Waals surface area (Å²) in [5, 5.41) is 10.2. The van der Waals surface area contributed by atoms with Crippen LogP contribution in [0.3, 0.4) is 0 Å². The Morgan fingerprint density at radius 3 is 2.58 bits per heavy atom. The van der Waals surface area contributed by atoms with Crippen LogP contribution < -0.4 is 0 Å². The maximum absolute atomic E-state index is 12.6. The minimum absolute atomic E-state index is 0.133. The van der Waals surface area contributed by atoms with Crippen LogP contribution in [0.15, 0.2) is 11.6 Å². The largest absolute Gasteiger partial charge is 0.393 e. The third kappa shape index (κ3) is 2.49. The highest BCUT2D eigenvalue weighted by Gasteiger charge is 2.62. The summed E-state index contributed by atoms with van der Waals surface area (Å²) in [5.74, 6) is 2.69. The first-order chi connectivity index (χ1) is 12.2. The Bertz CT molecular complexity index is 626. The molecule has 0 aliphatic heterocycles. The number of nitrogens with zero attached hydrogens (tertiary/aromatic N) is 1. The van der Waals surface area contributed by atoms with Crippen molar-refractivity contribution in [3.8, 4) is 0 Å². The molecule has 3 saturated carbocycles. The number of hydrogen-bond acceptors (Lipinski definition) is 3. The molecule has 8 atom stereocenters. The molecule has 4 aliphatic rings. The van der Waals surface area contributed by atoms with Crippen LogP contribution in [-0.4, -0.2) is 42.0 Å². The number of fused-ring (bicyclic) bond motifs is 5. The fourth-order valence-electron chi connectivity index (χ4n) is 7.90. The Kier molecular flexibility index (Phi) is 4.43. The van der Waals surface area contributed by atoms with Crippen LogP contribution in [0.2, 0.25) is 0 Å². The summed E-state index contributed by atoms with van der Waals surface area (Å²) < 4.78 is 0. The van der Waals surface area contributed by atoms with Crippen molar-refractivity contribution in [1.82, 2.24) is 4.90 Å². The molecule has 0 aromatic heterocycles. The lowest BCUT2D eigenvalue weighted by atomic mass is 9.47. The van der Waals surface area contributed by atoms with Crippen molar-refractivity contribution in [1.29, 1.82) is 0 Å². The monoisotopic (exact) mass is 359 g/mol. The molecule has 3 fully saturated rings. The van der Waals surface area contributed by atoms with Crippen molar-refractivity contribution < 1.29 is 9.90 Å². The van der Waals surface area contributed by atoms with Crippen LogP contribution in [0.25, 0.3) is 0 Å². The van der Waals surface area contributed by atoms with Gasteiger partial charge in [-0.25, -0.2) is 0 Å². The van der Waals surface area contributed by atoms with E-state index in [1.807, 2.05) is 6.92 Å². The molecule has 3 heteroatoms. The lowest BCUT2D eigenvalue weighted by molar-refractivity contribution is -0.129. The Morgan fingerprint density at radius 1 is 1.19 bits per heavy atom.